The number of hydrogen-bond acceptors (Lipinski definition) is 4. The Balaban J connectivity index is 2.51. The third kappa shape index (κ3) is 3.10. The lowest BCUT2D eigenvalue weighted by Gasteiger charge is -2.00. The quantitative estimate of drug-likeness (QED) is 0.678. The highest BCUT2D eigenvalue weighted by Gasteiger charge is 2.02. The number of hydrogen-bond donors (Lipinski definition) is 1. The van der Waals surface area contributed by atoms with E-state index in [0.29, 0.717) is 6.61 Å². The van der Waals surface area contributed by atoms with Crippen molar-refractivity contribution in [2.45, 2.75) is 12.8 Å². The maximum Gasteiger partial charge on any atom is 0.268 e. The molecule has 0 atom stereocenters. The van der Waals surface area contributed by atoms with Crippen LogP contribution in [0.15, 0.2) is 12.4 Å². The van der Waals surface area contributed by atoms with Gasteiger partial charge in [-0.15, -0.1) is 0 Å². The second-order valence-electron chi connectivity index (χ2n) is 2.85. The second kappa shape index (κ2) is 5.29. The Morgan fingerprint density at radius 3 is 2.79 bits per heavy atom. The second-order valence-corrected chi connectivity index (χ2v) is 2.85. The smallest absolute Gasteiger partial charge is 0.268 e. The SMILES string of the molecule is COCCCc1cnc(C(N)=O)cn1. The molecule has 1 amide bonds. The van der Waals surface area contributed by atoms with E-state index in [-0.39, 0.29) is 5.69 Å². The molecule has 1 aromatic rings. The summed E-state index contributed by atoms with van der Waals surface area (Å²) in [7, 11) is 1.65. The van der Waals surface area contributed by atoms with Gasteiger partial charge < -0.3 is 10.5 Å². The van der Waals surface area contributed by atoms with Crippen molar-refractivity contribution in [1.29, 1.82) is 0 Å². The lowest BCUT2D eigenvalue weighted by molar-refractivity contribution is 0.0995. The van der Waals surface area contributed by atoms with Crippen LogP contribution in [0.25, 0.3) is 0 Å². The summed E-state index contributed by atoms with van der Waals surface area (Å²) < 4.78 is 4.90. The van der Waals surface area contributed by atoms with Crippen molar-refractivity contribution in [2.24, 2.45) is 5.73 Å². The minimum Gasteiger partial charge on any atom is -0.385 e. The molecule has 0 saturated carbocycles. The fourth-order valence-electron chi connectivity index (χ4n) is 1.01. The van der Waals surface area contributed by atoms with Crippen molar-refractivity contribution in [3.05, 3.63) is 23.8 Å². The van der Waals surface area contributed by atoms with Crippen LogP contribution in [0.5, 0.6) is 0 Å². The van der Waals surface area contributed by atoms with Gasteiger partial charge >= 0.3 is 0 Å². The van der Waals surface area contributed by atoms with Gasteiger partial charge in [0.25, 0.3) is 5.91 Å². The van der Waals surface area contributed by atoms with Crippen LogP contribution in [-0.2, 0) is 11.2 Å². The summed E-state index contributed by atoms with van der Waals surface area (Å²) in [6, 6.07) is 0. The molecule has 0 aliphatic carbocycles. The molecule has 0 aromatic carbocycles. The first kappa shape index (κ1) is 10.6. The number of amides is 1. The van der Waals surface area contributed by atoms with Gasteiger partial charge in [-0.25, -0.2) is 4.98 Å². The van der Waals surface area contributed by atoms with Crippen LogP contribution in [-0.4, -0.2) is 29.6 Å². The molecule has 1 aromatic heterocycles. The first-order valence-corrected chi connectivity index (χ1v) is 4.33. The Hall–Kier alpha value is -1.49. The van der Waals surface area contributed by atoms with E-state index in [1.165, 1.54) is 6.20 Å². The standard InChI is InChI=1S/C9H13N3O2/c1-14-4-2-3-7-5-12-8(6-11-7)9(10)13/h5-6H,2-4H2,1H3,(H2,10,13). The minimum atomic E-state index is -0.555. The van der Waals surface area contributed by atoms with Gasteiger partial charge in [-0.1, -0.05) is 0 Å². The number of aryl methyl sites for hydroxylation is 1. The van der Waals surface area contributed by atoms with Crippen molar-refractivity contribution in [3.63, 3.8) is 0 Å². The van der Waals surface area contributed by atoms with E-state index in [9.17, 15) is 4.79 Å². The number of carbonyl (C=O) groups is 1. The molecular formula is C9H13N3O2. The first-order chi connectivity index (χ1) is 6.74. The molecule has 0 fully saturated rings. The van der Waals surface area contributed by atoms with Crippen LogP contribution < -0.4 is 5.73 Å². The number of methoxy groups -OCH3 is 1. The number of carbonyl (C=O) groups excluding carboxylic acids is 1. The first-order valence-electron chi connectivity index (χ1n) is 4.33. The predicted octanol–water partition coefficient (Wildman–Crippen LogP) is 0.154. The fourth-order valence-corrected chi connectivity index (χ4v) is 1.01. The van der Waals surface area contributed by atoms with E-state index in [0.717, 1.165) is 18.5 Å². The molecule has 0 spiro atoms. The summed E-state index contributed by atoms with van der Waals surface area (Å²) in [6.07, 6.45) is 4.64. The van der Waals surface area contributed by atoms with Gasteiger partial charge in [-0.05, 0) is 12.8 Å². The van der Waals surface area contributed by atoms with E-state index < -0.39 is 5.91 Å². The number of nitrogens with zero attached hydrogens (tertiary/aromatic N) is 2. The highest BCUT2D eigenvalue weighted by molar-refractivity contribution is 5.90. The van der Waals surface area contributed by atoms with Crippen molar-refractivity contribution in [1.82, 2.24) is 9.97 Å². The van der Waals surface area contributed by atoms with Gasteiger partial charge in [0.2, 0.25) is 0 Å². The summed E-state index contributed by atoms with van der Waals surface area (Å²) in [5.41, 5.74) is 6.06. The van der Waals surface area contributed by atoms with Crippen LogP contribution in [0.1, 0.15) is 22.6 Å². The number of ether oxygens (including phenoxy) is 1. The zero-order valence-electron chi connectivity index (χ0n) is 8.06. The summed E-state index contributed by atoms with van der Waals surface area (Å²) >= 11 is 0. The average molecular weight is 195 g/mol. The van der Waals surface area contributed by atoms with Crippen molar-refractivity contribution in [3.8, 4) is 0 Å². The van der Waals surface area contributed by atoms with Gasteiger partial charge in [0.1, 0.15) is 5.69 Å². The van der Waals surface area contributed by atoms with E-state index in [2.05, 4.69) is 9.97 Å². The van der Waals surface area contributed by atoms with E-state index >= 15 is 0 Å². The van der Waals surface area contributed by atoms with Crippen LogP contribution in [0.4, 0.5) is 0 Å². The molecule has 0 aliphatic rings. The number of aromatic nitrogens is 2. The Bertz CT molecular complexity index is 297. The topological polar surface area (TPSA) is 78.1 Å². The minimum absolute atomic E-state index is 0.195. The number of rotatable bonds is 5. The summed E-state index contributed by atoms with van der Waals surface area (Å²) in [5, 5.41) is 0. The van der Waals surface area contributed by atoms with Gasteiger partial charge in [-0.2, -0.15) is 0 Å². The lowest BCUT2D eigenvalue weighted by Crippen LogP contribution is -2.13. The Kier molecular flexibility index (Phi) is 4.00. The Morgan fingerprint density at radius 1 is 1.50 bits per heavy atom. The third-order valence-corrected chi connectivity index (χ3v) is 1.74. The zero-order valence-corrected chi connectivity index (χ0v) is 8.06. The molecule has 14 heavy (non-hydrogen) atoms. The Morgan fingerprint density at radius 2 is 2.29 bits per heavy atom. The molecule has 2 N–H and O–H groups in total. The van der Waals surface area contributed by atoms with E-state index in [1.807, 2.05) is 0 Å². The summed E-state index contributed by atoms with van der Waals surface area (Å²) in [6.45, 7) is 0.694. The van der Waals surface area contributed by atoms with Gasteiger partial charge in [0.05, 0.1) is 11.9 Å². The normalized spacial score (nSPS) is 10.1. The van der Waals surface area contributed by atoms with Crippen molar-refractivity contribution in [2.75, 3.05) is 13.7 Å². The van der Waals surface area contributed by atoms with Crippen molar-refractivity contribution >= 4 is 5.91 Å². The molecule has 0 unspecified atom stereocenters. The van der Waals surface area contributed by atoms with Crippen LogP contribution >= 0.6 is 0 Å². The molecule has 0 bridgehead atoms. The van der Waals surface area contributed by atoms with Crippen LogP contribution in [0, 0.1) is 0 Å². The van der Waals surface area contributed by atoms with Gasteiger partial charge in [-0.3, -0.25) is 9.78 Å². The van der Waals surface area contributed by atoms with Crippen molar-refractivity contribution < 1.29 is 9.53 Å². The molecule has 1 rings (SSSR count). The molecule has 5 nitrogen and oxygen atoms in total. The monoisotopic (exact) mass is 195 g/mol. The van der Waals surface area contributed by atoms with E-state index in [1.54, 1.807) is 13.3 Å². The predicted molar refractivity (Wildman–Crippen MR) is 50.7 cm³/mol. The third-order valence-electron chi connectivity index (χ3n) is 1.74. The zero-order chi connectivity index (χ0) is 10.4. The Labute approximate surface area is 82.3 Å². The number of primary amides is 1. The molecule has 76 valence electrons. The maximum absolute atomic E-state index is 10.7. The molecule has 0 saturated heterocycles. The summed E-state index contributed by atoms with van der Waals surface area (Å²) in [5.74, 6) is -0.555. The van der Waals surface area contributed by atoms with Crippen LogP contribution in [0.3, 0.4) is 0 Å². The van der Waals surface area contributed by atoms with Gasteiger partial charge in [0, 0.05) is 19.9 Å². The largest absolute Gasteiger partial charge is 0.385 e. The van der Waals surface area contributed by atoms with Crippen LogP contribution in [0.2, 0.25) is 0 Å². The number of nitrogens with two attached hydrogens (primary N) is 1. The highest BCUT2D eigenvalue weighted by Crippen LogP contribution is 1.98. The molecule has 5 heteroatoms. The molecule has 0 radical (unpaired) electrons. The molecular weight excluding hydrogens is 182 g/mol. The highest BCUT2D eigenvalue weighted by atomic mass is 16.5. The van der Waals surface area contributed by atoms with Gasteiger partial charge in [0.15, 0.2) is 0 Å². The molecule has 0 aliphatic heterocycles. The average Bonchev–Trinajstić information content (AvgIpc) is 2.19. The lowest BCUT2D eigenvalue weighted by atomic mass is 10.2. The molecule has 1 heterocycles. The maximum atomic E-state index is 10.7. The fraction of sp³-hybridized carbons (Fsp3) is 0.444. The van der Waals surface area contributed by atoms with E-state index in [4.69, 9.17) is 10.5 Å². The summed E-state index contributed by atoms with van der Waals surface area (Å²) in [4.78, 5) is 18.6.